The lowest BCUT2D eigenvalue weighted by Gasteiger charge is -2.20. The summed E-state index contributed by atoms with van der Waals surface area (Å²) in [5.74, 6) is 0.143. The molecule has 0 spiro atoms. The zero-order chi connectivity index (χ0) is 11.7. The molecule has 3 nitrogen and oxygen atoms in total. The van der Waals surface area contributed by atoms with E-state index in [1.807, 2.05) is 0 Å². The van der Waals surface area contributed by atoms with Gasteiger partial charge < -0.3 is 10.2 Å². The van der Waals surface area contributed by atoms with Crippen molar-refractivity contribution in [3.8, 4) is 0 Å². The molecule has 0 bridgehead atoms. The van der Waals surface area contributed by atoms with Gasteiger partial charge in [-0.05, 0) is 40.3 Å². The average molecular weight is 279 g/mol. The third kappa shape index (κ3) is 8.88. The minimum Gasteiger partial charge on any atom is -0.356 e. The Kier molecular flexibility index (Phi) is 9.10. The van der Waals surface area contributed by atoms with E-state index in [1.54, 1.807) is 0 Å². The summed E-state index contributed by atoms with van der Waals surface area (Å²) in [5.41, 5.74) is 0. The fourth-order valence-corrected chi connectivity index (χ4v) is 1.51. The number of unbranched alkanes of at least 4 members (excludes halogenated alkanes) is 1. The van der Waals surface area contributed by atoms with Crippen LogP contribution in [0.3, 0.4) is 0 Å². The first-order valence-corrected chi connectivity index (χ1v) is 6.73. The van der Waals surface area contributed by atoms with Crippen LogP contribution in [0.25, 0.3) is 0 Å². The Balaban J connectivity index is 3.28. The molecule has 0 fully saturated rings. The first-order chi connectivity index (χ1) is 7.07. The van der Waals surface area contributed by atoms with Crippen molar-refractivity contribution < 1.29 is 4.79 Å². The van der Waals surface area contributed by atoms with Crippen LogP contribution in [0, 0.1) is 0 Å². The van der Waals surface area contributed by atoms with Crippen molar-refractivity contribution in [2.75, 3.05) is 25.5 Å². The van der Waals surface area contributed by atoms with Crippen molar-refractivity contribution in [3.05, 3.63) is 0 Å². The van der Waals surface area contributed by atoms with Crippen LogP contribution in [-0.4, -0.2) is 42.3 Å². The standard InChI is InChI=1S/C11H23BrN2O/c1-10(2)14(3)9-5-4-8-13-11(15)6-7-12/h10H,4-9H2,1-3H3,(H,13,15). The van der Waals surface area contributed by atoms with E-state index in [0.29, 0.717) is 12.5 Å². The number of rotatable bonds is 8. The summed E-state index contributed by atoms with van der Waals surface area (Å²) in [4.78, 5) is 13.4. The summed E-state index contributed by atoms with van der Waals surface area (Å²) in [6, 6.07) is 0.605. The fraction of sp³-hybridized carbons (Fsp3) is 0.909. The molecule has 0 rings (SSSR count). The summed E-state index contributed by atoms with van der Waals surface area (Å²) in [7, 11) is 2.13. The van der Waals surface area contributed by atoms with Crippen molar-refractivity contribution in [2.45, 2.75) is 39.2 Å². The predicted molar refractivity (Wildman–Crippen MR) is 68.4 cm³/mol. The van der Waals surface area contributed by atoms with Crippen molar-refractivity contribution in [2.24, 2.45) is 0 Å². The monoisotopic (exact) mass is 278 g/mol. The van der Waals surface area contributed by atoms with Gasteiger partial charge in [-0.15, -0.1) is 0 Å². The normalized spacial score (nSPS) is 11.1. The van der Waals surface area contributed by atoms with Gasteiger partial charge in [-0.1, -0.05) is 15.9 Å². The molecule has 0 aromatic carbocycles. The number of hydrogen-bond donors (Lipinski definition) is 1. The zero-order valence-electron chi connectivity index (χ0n) is 10.1. The van der Waals surface area contributed by atoms with Crippen LogP contribution in [0.2, 0.25) is 0 Å². The van der Waals surface area contributed by atoms with E-state index in [4.69, 9.17) is 0 Å². The lowest BCUT2D eigenvalue weighted by atomic mass is 10.2. The summed E-state index contributed by atoms with van der Waals surface area (Å²) >= 11 is 3.24. The van der Waals surface area contributed by atoms with Crippen molar-refractivity contribution in [1.29, 1.82) is 0 Å². The highest BCUT2D eigenvalue weighted by molar-refractivity contribution is 9.09. The maximum absolute atomic E-state index is 11.1. The molecule has 15 heavy (non-hydrogen) atoms. The maximum atomic E-state index is 11.1. The fourth-order valence-electron chi connectivity index (χ4n) is 1.15. The van der Waals surface area contributed by atoms with Crippen molar-refractivity contribution in [1.82, 2.24) is 10.2 Å². The van der Waals surface area contributed by atoms with Crippen molar-refractivity contribution >= 4 is 21.8 Å². The van der Waals surface area contributed by atoms with Crippen LogP contribution in [0.4, 0.5) is 0 Å². The van der Waals surface area contributed by atoms with Crippen LogP contribution in [0.5, 0.6) is 0 Å². The summed E-state index contributed by atoms with van der Waals surface area (Å²) in [6.45, 7) is 6.29. The second-order valence-corrected chi connectivity index (χ2v) is 4.86. The van der Waals surface area contributed by atoms with Gasteiger partial charge in [0.1, 0.15) is 0 Å². The summed E-state index contributed by atoms with van der Waals surface area (Å²) in [6.07, 6.45) is 2.78. The van der Waals surface area contributed by atoms with Crippen LogP contribution in [-0.2, 0) is 4.79 Å². The first-order valence-electron chi connectivity index (χ1n) is 5.60. The second kappa shape index (κ2) is 9.16. The van der Waals surface area contributed by atoms with Crippen LogP contribution in [0.15, 0.2) is 0 Å². The summed E-state index contributed by atoms with van der Waals surface area (Å²) in [5, 5.41) is 3.64. The Morgan fingerprint density at radius 2 is 2.07 bits per heavy atom. The SMILES string of the molecule is CC(C)N(C)CCCCNC(=O)CCBr. The maximum Gasteiger partial charge on any atom is 0.220 e. The van der Waals surface area contributed by atoms with Gasteiger partial charge in [-0.2, -0.15) is 0 Å². The molecule has 0 aliphatic heterocycles. The van der Waals surface area contributed by atoms with E-state index in [9.17, 15) is 4.79 Å². The number of nitrogens with zero attached hydrogens (tertiary/aromatic N) is 1. The minimum absolute atomic E-state index is 0.143. The van der Waals surface area contributed by atoms with Gasteiger partial charge in [0.05, 0.1) is 0 Å². The molecule has 0 radical (unpaired) electrons. The van der Waals surface area contributed by atoms with Crippen LogP contribution >= 0.6 is 15.9 Å². The molecular formula is C11H23BrN2O. The number of carbonyl (C=O) groups excluding carboxylic acids is 1. The molecule has 0 atom stereocenters. The largest absolute Gasteiger partial charge is 0.356 e. The van der Waals surface area contributed by atoms with Gasteiger partial charge in [-0.25, -0.2) is 0 Å². The topological polar surface area (TPSA) is 32.3 Å². The van der Waals surface area contributed by atoms with Crippen molar-refractivity contribution in [3.63, 3.8) is 0 Å². The molecule has 0 unspecified atom stereocenters. The molecule has 1 N–H and O–H groups in total. The van der Waals surface area contributed by atoms with E-state index < -0.39 is 0 Å². The number of nitrogens with one attached hydrogen (secondary N) is 1. The number of halogens is 1. The first kappa shape index (κ1) is 14.9. The highest BCUT2D eigenvalue weighted by atomic mass is 79.9. The molecular weight excluding hydrogens is 256 g/mol. The molecule has 0 aromatic heterocycles. The van der Waals surface area contributed by atoms with Crippen LogP contribution in [0.1, 0.15) is 33.1 Å². The highest BCUT2D eigenvalue weighted by Crippen LogP contribution is 1.97. The predicted octanol–water partition coefficient (Wildman–Crippen LogP) is 2.01. The number of hydrogen-bond acceptors (Lipinski definition) is 2. The average Bonchev–Trinajstić information content (AvgIpc) is 2.17. The van der Waals surface area contributed by atoms with Gasteiger partial charge in [0.15, 0.2) is 0 Å². The molecule has 0 saturated heterocycles. The van der Waals surface area contributed by atoms with E-state index in [2.05, 4.69) is 47.0 Å². The molecule has 90 valence electrons. The number of amides is 1. The molecule has 0 heterocycles. The van der Waals surface area contributed by atoms with E-state index in [1.165, 1.54) is 0 Å². The second-order valence-electron chi connectivity index (χ2n) is 4.07. The van der Waals surface area contributed by atoms with Gasteiger partial charge in [-0.3, -0.25) is 4.79 Å². The van der Waals surface area contributed by atoms with Gasteiger partial charge in [0, 0.05) is 24.3 Å². The number of carbonyl (C=O) groups is 1. The Hall–Kier alpha value is -0.0900. The Morgan fingerprint density at radius 3 is 2.60 bits per heavy atom. The Morgan fingerprint density at radius 1 is 1.40 bits per heavy atom. The van der Waals surface area contributed by atoms with E-state index in [-0.39, 0.29) is 5.91 Å². The minimum atomic E-state index is 0.143. The van der Waals surface area contributed by atoms with Gasteiger partial charge >= 0.3 is 0 Å². The lowest BCUT2D eigenvalue weighted by molar-refractivity contribution is -0.120. The molecule has 4 heteroatoms. The lowest BCUT2D eigenvalue weighted by Crippen LogP contribution is -2.29. The summed E-state index contributed by atoms with van der Waals surface area (Å²) < 4.78 is 0. The third-order valence-electron chi connectivity index (χ3n) is 2.46. The third-order valence-corrected chi connectivity index (χ3v) is 2.86. The zero-order valence-corrected chi connectivity index (χ0v) is 11.6. The molecule has 1 amide bonds. The van der Waals surface area contributed by atoms with Gasteiger partial charge in [0.25, 0.3) is 0 Å². The Labute approximate surface area is 102 Å². The quantitative estimate of drug-likeness (QED) is 0.544. The highest BCUT2D eigenvalue weighted by Gasteiger charge is 2.02. The molecule has 0 saturated carbocycles. The molecule has 0 aliphatic rings. The van der Waals surface area contributed by atoms with Crippen LogP contribution < -0.4 is 5.32 Å². The molecule has 0 aliphatic carbocycles. The van der Waals surface area contributed by atoms with E-state index >= 15 is 0 Å². The molecule has 0 aromatic rings. The smallest absolute Gasteiger partial charge is 0.220 e. The van der Waals surface area contributed by atoms with E-state index in [0.717, 1.165) is 31.3 Å². The Bertz CT molecular complexity index is 174. The number of alkyl halides is 1. The van der Waals surface area contributed by atoms with Gasteiger partial charge in [0.2, 0.25) is 5.91 Å².